The van der Waals surface area contributed by atoms with Gasteiger partial charge in [0.2, 0.25) is 10.0 Å². The Kier molecular flexibility index (Phi) is 4.28. The quantitative estimate of drug-likeness (QED) is 0.669. The van der Waals surface area contributed by atoms with Crippen molar-refractivity contribution in [2.24, 2.45) is 5.73 Å². The minimum absolute atomic E-state index is 0.145. The van der Waals surface area contributed by atoms with Crippen molar-refractivity contribution in [2.75, 3.05) is 20.2 Å². The Morgan fingerprint density at radius 1 is 1.56 bits per heavy atom. The first-order valence-electron chi connectivity index (χ1n) is 5.22. The van der Waals surface area contributed by atoms with Crippen molar-refractivity contribution in [1.29, 1.82) is 0 Å². The van der Waals surface area contributed by atoms with Crippen LogP contribution in [0.4, 0.5) is 0 Å². The van der Waals surface area contributed by atoms with Crippen LogP contribution in [0.25, 0.3) is 0 Å². The van der Waals surface area contributed by atoms with Crippen LogP contribution in [-0.2, 0) is 19.6 Å². The molecule has 94 valence electrons. The molecule has 0 spiro atoms. The van der Waals surface area contributed by atoms with Gasteiger partial charge in [0.1, 0.15) is 0 Å². The molecule has 2 atom stereocenters. The second-order valence-corrected chi connectivity index (χ2v) is 6.22. The number of methoxy groups -OCH3 is 1. The van der Waals surface area contributed by atoms with Crippen LogP contribution >= 0.6 is 0 Å². The molecule has 1 saturated heterocycles. The number of hydrogen-bond acceptors (Lipinski definition) is 5. The van der Waals surface area contributed by atoms with Crippen LogP contribution in [0.15, 0.2) is 0 Å². The first kappa shape index (κ1) is 13.4. The lowest BCUT2D eigenvalue weighted by Crippen LogP contribution is -2.49. The fraction of sp³-hybridized carbons (Fsp3) is 0.889. The summed E-state index contributed by atoms with van der Waals surface area (Å²) in [6.07, 6.45) is 1.55. The van der Waals surface area contributed by atoms with Gasteiger partial charge < -0.3 is 10.5 Å². The molecule has 0 aromatic heterocycles. The summed E-state index contributed by atoms with van der Waals surface area (Å²) in [6, 6.07) is -0.145. The lowest BCUT2D eigenvalue weighted by atomic mass is 10.1. The first-order valence-corrected chi connectivity index (χ1v) is 6.72. The molecule has 1 heterocycles. The fourth-order valence-electron chi connectivity index (χ4n) is 1.72. The minimum Gasteiger partial charge on any atom is -0.468 e. The molecule has 1 aliphatic rings. The Morgan fingerprint density at radius 3 is 2.69 bits per heavy atom. The van der Waals surface area contributed by atoms with Crippen molar-refractivity contribution in [3.05, 3.63) is 0 Å². The standard InChI is InChI=1S/C9H18N2O4S/c1-7(9(12)15-2)16(13,14)11-5-3-4-8(10)6-11/h7-8H,3-6,10H2,1-2H3/t7?,8-/m1/s1. The third-order valence-electron chi connectivity index (χ3n) is 2.76. The van der Waals surface area contributed by atoms with E-state index in [1.807, 2.05) is 0 Å². The SMILES string of the molecule is COC(=O)C(C)S(=O)(=O)N1CCC[C@@H](N)C1. The molecule has 0 saturated carbocycles. The zero-order valence-corrected chi connectivity index (χ0v) is 10.4. The van der Waals surface area contributed by atoms with Crippen molar-refractivity contribution in [2.45, 2.75) is 31.1 Å². The third kappa shape index (κ3) is 2.72. The van der Waals surface area contributed by atoms with E-state index < -0.39 is 21.2 Å². The summed E-state index contributed by atoms with van der Waals surface area (Å²) in [5.74, 6) is -0.737. The molecule has 0 radical (unpaired) electrons. The van der Waals surface area contributed by atoms with E-state index >= 15 is 0 Å². The molecule has 1 aliphatic heterocycles. The van der Waals surface area contributed by atoms with Crippen LogP contribution in [0, 0.1) is 0 Å². The van der Waals surface area contributed by atoms with Crippen LogP contribution in [0.5, 0.6) is 0 Å². The van der Waals surface area contributed by atoms with Crippen molar-refractivity contribution in [3.63, 3.8) is 0 Å². The molecule has 0 aromatic rings. The van der Waals surface area contributed by atoms with Crippen molar-refractivity contribution in [1.82, 2.24) is 4.31 Å². The second kappa shape index (κ2) is 5.11. The number of sulfonamides is 1. The molecule has 0 aromatic carbocycles. The van der Waals surface area contributed by atoms with E-state index in [0.717, 1.165) is 12.8 Å². The lowest BCUT2D eigenvalue weighted by molar-refractivity contribution is -0.139. The number of carbonyl (C=O) groups excluding carboxylic acids is 1. The third-order valence-corrected chi connectivity index (χ3v) is 4.90. The van der Waals surface area contributed by atoms with Gasteiger partial charge in [-0.05, 0) is 19.8 Å². The maximum Gasteiger partial charge on any atom is 0.325 e. The van der Waals surface area contributed by atoms with Gasteiger partial charge in [-0.15, -0.1) is 0 Å². The van der Waals surface area contributed by atoms with E-state index in [1.54, 1.807) is 0 Å². The number of nitrogens with zero attached hydrogens (tertiary/aromatic N) is 1. The van der Waals surface area contributed by atoms with Crippen LogP contribution in [-0.4, -0.2) is 50.2 Å². The summed E-state index contributed by atoms with van der Waals surface area (Å²) in [5, 5.41) is -1.16. The number of rotatable bonds is 3. The highest BCUT2D eigenvalue weighted by atomic mass is 32.2. The summed E-state index contributed by atoms with van der Waals surface area (Å²) in [4.78, 5) is 11.2. The van der Waals surface area contributed by atoms with E-state index in [1.165, 1.54) is 18.3 Å². The smallest absolute Gasteiger partial charge is 0.325 e. The maximum absolute atomic E-state index is 12.0. The fourth-order valence-corrected chi connectivity index (χ4v) is 3.29. The molecule has 1 fully saturated rings. The summed E-state index contributed by atoms with van der Waals surface area (Å²) in [7, 11) is -2.45. The summed E-state index contributed by atoms with van der Waals surface area (Å²) in [5.41, 5.74) is 5.71. The van der Waals surface area contributed by atoms with E-state index in [0.29, 0.717) is 6.54 Å². The molecule has 16 heavy (non-hydrogen) atoms. The van der Waals surface area contributed by atoms with Crippen LogP contribution in [0.2, 0.25) is 0 Å². The van der Waals surface area contributed by atoms with Gasteiger partial charge in [0.25, 0.3) is 0 Å². The topological polar surface area (TPSA) is 89.7 Å². The van der Waals surface area contributed by atoms with Crippen molar-refractivity contribution >= 4 is 16.0 Å². The van der Waals surface area contributed by atoms with Gasteiger partial charge in [-0.25, -0.2) is 8.42 Å². The van der Waals surface area contributed by atoms with Gasteiger partial charge in [-0.1, -0.05) is 0 Å². The highest BCUT2D eigenvalue weighted by molar-refractivity contribution is 7.90. The zero-order valence-electron chi connectivity index (χ0n) is 9.55. The predicted molar refractivity (Wildman–Crippen MR) is 59.2 cm³/mol. The van der Waals surface area contributed by atoms with Crippen molar-refractivity contribution < 1.29 is 17.9 Å². The minimum atomic E-state index is -3.63. The van der Waals surface area contributed by atoms with E-state index in [-0.39, 0.29) is 12.6 Å². The van der Waals surface area contributed by atoms with Gasteiger partial charge in [-0.3, -0.25) is 4.79 Å². The van der Waals surface area contributed by atoms with E-state index in [9.17, 15) is 13.2 Å². The number of ether oxygens (including phenoxy) is 1. The molecule has 0 bridgehead atoms. The van der Waals surface area contributed by atoms with Gasteiger partial charge in [0, 0.05) is 19.1 Å². The maximum atomic E-state index is 12.0. The number of piperidine rings is 1. The predicted octanol–water partition coefficient (Wildman–Crippen LogP) is -0.699. The highest BCUT2D eigenvalue weighted by Gasteiger charge is 2.36. The van der Waals surface area contributed by atoms with Crippen LogP contribution in [0.1, 0.15) is 19.8 Å². The number of carbonyl (C=O) groups is 1. The van der Waals surface area contributed by atoms with Gasteiger partial charge in [0.15, 0.2) is 5.25 Å². The number of esters is 1. The second-order valence-electron chi connectivity index (χ2n) is 3.97. The summed E-state index contributed by atoms with van der Waals surface area (Å²) in [6.45, 7) is 2.04. The largest absolute Gasteiger partial charge is 0.468 e. The number of nitrogens with two attached hydrogens (primary N) is 1. The average molecular weight is 250 g/mol. The highest BCUT2D eigenvalue weighted by Crippen LogP contribution is 2.16. The van der Waals surface area contributed by atoms with E-state index in [2.05, 4.69) is 4.74 Å². The average Bonchev–Trinajstić information content (AvgIpc) is 2.27. The molecule has 7 heteroatoms. The van der Waals surface area contributed by atoms with Crippen LogP contribution < -0.4 is 5.73 Å². The Bertz CT molecular complexity index is 355. The molecule has 0 amide bonds. The lowest BCUT2D eigenvalue weighted by Gasteiger charge is -2.31. The Morgan fingerprint density at radius 2 is 2.19 bits per heavy atom. The molecular formula is C9H18N2O4S. The van der Waals surface area contributed by atoms with Gasteiger partial charge in [0.05, 0.1) is 7.11 Å². The first-order chi connectivity index (χ1) is 7.39. The number of hydrogen-bond donors (Lipinski definition) is 1. The zero-order chi connectivity index (χ0) is 12.3. The Hall–Kier alpha value is -0.660. The summed E-state index contributed by atoms with van der Waals surface area (Å²) < 4.78 is 29.7. The van der Waals surface area contributed by atoms with Crippen molar-refractivity contribution in [3.8, 4) is 0 Å². The summed E-state index contributed by atoms with van der Waals surface area (Å²) >= 11 is 0. The Balaban J connectivity index is 2.80. The molecular weight excluding hydrogens is 232 g/mol. The molecule has 2 N–H and O–H groups in total. The molecule has 0 aliphatic carbocycles. The van der Waals surface area contributed by atoms with Gasteiger partial charge >= 0.3 is 5.97 Å². The Labute approximate surface area is 95.8 Å². The van der Waals surface area contributed by atoms with Gasteiger partial charge in [-0.2, -0.15) is 4.31 Å². The molecule has 1 unspecified atom stereocenters. The molecule has 1 rings (SSSR count). The van der Waals surface area contributed by atoms with E-state index in [4.69, 9.17) is 5.73 Å². The molecule has 6 nitrogen and oxygen atoms in total. The normalized spacial score (nSPS) is 25.1. The van der Waals surface area contributed by atoms with Crippen LogP contribution in [0.3, 0.4) is 0 Å². The monoisotopic (exact) mass is 250 g/mol.